The average Bonchev–Trinajstić information content (AvgIpc) is 2.93. The highest BCUT2D eigenvalue weighted by molar-refractivity contribution is 7.92. The van der Waals surface area contributed by atoms with Crippen LogP contribution in [0.15, 0.2) is 57.8 Å². The smallest absolute Gasteiger partial charge is 0.308 e. The van der Waals surface area contributed by atoms with Gasteiger partial charge in [0.2, 0.25) is 11.5 Å². The largest absolute Gasteiger partial charge is 0.502 e. The van der Waals surface area contributed by atoms with Crippen LogP contribution in [0.4, 0.5) is 10.3 Å². The molecule has 2 aromatic carbocycles. The second-order valence-electron chi connectivity index (χ2n) is 5.55. The minimum Gasteiger partial charge on any atom is -0.502 e. The molecule has 1 aromatic heterocycles. The van der Waals surface area contributed by atoms with Crippen LogP contribution in [-0.4, -0.2) is 19.5 Å². The van der Waals surface area contributed by atoms with Gasteiger partial charge in [-0.3, -0.25) is 4.79 Å². The van der Waals surface area contributed by atoms with E-state index in [1.165, 1.54) is 42.5 Å². The van der Waals surface area contributed by atoms with E-state index in [-0.39, 0.29) is 15.5 Å². The van der Waals surface area contributed by atoms with Crippen LogP contribution in [0.5, 0.6) is 11.5 Å². The van der Waals surface area contributed by atoms with Crippen LogP contribution in [0.1, 0.15) is 6.92 Å². The molecule has 0 aliphatic carbocycles. The fraction of sp³-hybridized carbons (Fsp3) is 0.0556. The highest BCUT2D eigenvalue weighted by atomic mass is 35.5. The number of carbonyl (C=O) groups is 1. The molecule has 1 heterocycles. The number of carbonyl (C=O) groups excluding carboxylic acids is 1. The summed E-state index contributed by atoms with van der Waals surface area (Å²) in [5.41, 5.74) is -0.247. The van der Waals surface area contributed by atoms with E-state index < -0.39 is 45.0 Å². The van der Waals surface area contributed by atoms with Crippen molar-refractivity contribution >= 4 is 33.5 Å². The molecule has 0 fully saturated rings. The molecule has 0 aliphatic heterocycles. The van der Waals surface area contributed by atoms with Crippen molar-refractivity contribution in [3.63, 3.8) is 0 Å². The summed E-state index contributed by atoms with van der Waals surface area (Å²) in [6.07, 6.45) is 0. The van der Waals surface area contributed by atoms with E-state index in [4.69, 9.17) is 20.8 Å². The lowest BCUT2D eigenvalue weighted by Gasteiger charge is -2.07. The first kappa shape index (κ1) is 19.7. The molecule has 0 atom stereocenters. The number of hydrogen-bond donors (Lipinski definition) is 2. The lowest BCUT2D eigenvalue weighted by Crippen LogP contribution is -2.13. The average molecular weight is 426 g/mol. The maximum absolute atomic E-state index is 14.3. The highest BCUT2D eigenvalue weighted by Crippen LogP contribution is 2.47. The molecule has 0 radical (unpaired) electrons. The minimum absolute atomic E-state index is 0.102. The van der Waals surface area contributed by atoms with E-state index in [1.807, 2.05) is 0 Å². The summed E-state index contributed by atoms with van der Waals surface area (Å²) >= 11 is 5.74. The van der Waals surface area contributed by atoms with E-state index >= 15 is 0 Å². The summed E-state index contributed by atoms with van der Waals surface area (Å²) in [6.45, 7) is 1.04. The molecule has 2 N–H and O–H groups in total. The number of benzene rings is 2. The van der Waals surface area contributed by atoms with Gasteiger partial charge in [-0.2, -0.15) is 0 Å². The van der Waals surface area contributed by atoms with Gasteiger partial charge in [0, 0.05) is 6.92 Å². The van der Waals surface area contributed by atoms with Gasteiger partial charge in [-0.15, -0.1) is 0 Å². The molecule has 0 spiro atoms. The molecule has 10 heteroatoms. The number of aromatic hydroxyl groups is 1. The van der Waals surface area contributed by atoms with Crippen molar-refractivity contribution in [2.45, 2.75) is 11.8 Å². The van der Waals surface area contributed by atoms with Crippen LogP contribution in [-0.2, 0) is 14.8 Å². The lowest BCUT2D eigenvalue weighted by atomic mass is 10.1. The van der Waals surface area contributed by atoms with Crippen molar-refractivity contribution in [3.8, 4) is 22.8 Å². The van der Waals surface area contributed by atoms with Gasteiger partial charge in [0.1, 0.15) is 0 Å². The van der Waals surface area contributed by atoms with Gasteiger partial charge in [0.15, 0.2) is 11.6 Å². The maximum atomic E-state index is 14.3. The number of anilines is 1. The third-order valence-corrected chi connectivity index (χ3v) is 5.20. The Hall–Kier alpha value is -3.04. The summed E-state index contributed by atoms with van der Waals surface area (Å²) in [7, 11) is -4.14. The van der Waals surface area contributed by atoms with Gasteiger partial charge in [-0.05, 0) is 24.3 Å². The lowest BCUT2D eigenvalue weighted by molar-refractivity contribution is -0.131. The van der Waals surface area contributed by atoms with Crippen LogP contribution < -0.4 is 9.46 Å². The van der Waals surface area contributed by atoms with E-state index in [0.29, 0.717) is 0 Å². The van der Waals surface area contributed by atoms with E-state index in [9.17, 15) is 22.7 Å². The zero-order valence-electron chi connectivity index (χ0n) is 14.3. The second kappa shape index (κ2) is 7.53. The van der Waals surface area contributed by atoms with Gasteiger partial charge in [-0.25, -0.2) is 17.5 Å². The number of sulfonamides is 1. The zero-order chi connectivity index (χ0) is 20.5. The Morgan fingerprint density at radius 1 is 1.18 bits per heavy atom. The van der Waals surface area contributed by atoms with Crippen molar-refractivity contribution in [2.24, 2.45) is 0 Å². The fourth-order valence-corrected chi connectivity index (χ4v) is 3.54. The Balaban J connectivity index is 2.13. The Bertz CT molecular complexity index is 1140. The number of nitrogens with one attached hydrogen (secondary N) is 1. The van der Waals surface area contributed by atoms with Crippen molar-refractivity contribution in [1.82, 2.24) is 0 Å². The summed E-state index contributed by atoms with van der Waals surface area (Å²) in [6, 6.07) is 11.2. The predicted octanol–water partition coefficient (Wildman–Crippen LogP) is 4.17. The van der Waals surface area contributed by atoms with Gasteiger partial charge in [-0.1, -0.05) is 35.9 Å². The molecule has 146 valence electrons. The molecular weight excluding hydrogens is 413 g/mol. The molecule has 3 rings (SSSR count). The normalized spacial score (nSPS) is 11.2. The number of furan rings is 1. The van der Waals surface area contributed by atoms with Crippen molar-refractivity contribution in [1.29, 1.82) is 0 Å². The van der Waals surface area contributed by atoms with Crippen LogP contribution in [0.2, 0.25) is 5.02 Å². The summed E-state index contributed by atoms with van der Waals surface area (Å²) < 4.78 is 51.6. The van der Waals surface area contributed by atoms with E-state index in [0.717, 1.165) is 6.92 Å². The summed E-state index contributed by atoms with van der Waals surface area (Å²) in [5, 5.41) is 10.1. The molecule has 0 aliphatic rings. The fourth-order valence-electron chi connectivity index (χ4n) is 2.36. The van der Waals surface area contributed by atoms with E-state index in [1.54, 1.807) is 6.07 Å². The molecule has 3 aromatic rings. The maximum Gasteiger partial charge on any atom is 0.308 e. The summed E-state index contributed by atoms with van der Waals surface area (Å²) in [5.74, 6) is -4.16. The summed E-state index contributed by atoms with van der Waals surface area (Å²) in [4.78, 5) is 11.3. The van der Waals surface area contributed by atoms with Crippen LogP contribution >= 0.6 is 11.6 Å². The van der Waals surface area contributed by atoms with Crippen LogP contribution in [0.25, 0.3) is 11.3 Å². The third-order valence-electron chi connectivity index (χ3n) is 3.56. The number of halogens is 2. The Morgan fingerprint density at radius 2 is 1.86 bits per heavy atom. The van der Waals surface area contributed by atoms with Crippen LogP contribution in [0.3, 0.4) is 0 Å². The van der Waals surface area contributed by atoms with Crippen molar-refractivity contribution < 1.29 is 31.9 Å². The van der Waals surface area contributed by atoms with Crippen LogP contribution in [0, 0.1) is 5.82 Å². The predicted molar refractivity (Wildman–Crippen MR) is 99.3 cm³/mol. The number of rotatable bonds is 5. The molecule has 0 amide bonds. The molecular formula is C18H13ClFNO6S. The Labute approximate surface area is 164 Å². The molecule has 28 heavy (non-hydrogen) atoms. The third kappa shape index (κ3) is 3.80. The molecule has 0 saturated carbocycles. The molecule has 7 nitrogen and oxygen atoms in total. The molecule has 0 saturated heterocycles. The number of hydrogen-bond acceptors (Lipinski definition) is 6. The quantitative estimate of drug-likeness (QED) is 0.594. The van der Waals surface area contributed by atoms with Gasteiger partial charge in [0.25, 0.3) is 15.9 Å². The SMILES string of the molecule is CC(=O)Oc1c(NS(=O)(=O)c2ccccc2)oc(-c2cccc(Cl)c2F)c1O. The second-order valence-corrected chi connectivity index (χ2v) is 7.64. The first-order chi connectivity index (χ1) is 13.2. The monoisotopic (exact) mass is 425 g/mol. The first-order valence-corrected chi connectivity index (χ1v) is 9.63. The van der Waals surface area contributed by atoms with Gasteiger partial charge in [0.05, 0.1) is 15.5 Å². The zero-order valence-corrected chi connectivity index (χ0v) is 15.8. The topological polar surface area (TPSA) is 106 Å². The number of ether oxygens (including phenoxy) is 1. The van der Waals surface area contributed by atoms with Crippen molar-refractivity contribution in [3.05, 3.63) is 59.4 Å². The molecule has 0 unspecified atom stereocenters. The standard InChI is InChI=1S/C18H13ClFNO6S/c1-10(22)26-17-15(23)16(12-8-5-9-13(19)14(12)20)27-18(17)21-28(24,25)11-6-3-2-4-7-11/h2-9,21,23H,1H3. The van der Waals surface area contributed by atoms with E-state index in [2.05, 4.69) is 4.72 Å². The Kier molecular flexibility index (Phi) is 5.30. The first-order valence-electron chi connectivity index (χ1n) is 7.77. The number of esters is 1. The Morgan fingerprint density at radius 3 is 2.50 bits per heavy atom. The minimum atomic E-state index is -4.14. The molecule has 0 bridgehead atoms. The van der Waals surface area contributed by atoms with Gasteiger partial charge >= 0.3 is 5.97 Å². The van der Waals surface area contributed by atoms with Gasteiger partial charge < -0.3 is 14.3 Å². The van der Waals surface area contributed by atoms with Crippen molar-refractivity contribution in [2.75, 3.05) is 4.72 Å². The highest BCUT2D eigenvalue weighted by Gasteiger charge is 2.29.